The van der Waals surface area contributed by atoms with Gasteiger partial charge in [0.05, 0.1) is 0 Å². The van der Waals surface area contributed by atoms with Gasteiger partial charge < -0.3 is 43.6 Å². The predicted octanol–water partition coefficient (Wildman–Crippen LogP) is 12.7. The number of rotatable bonds is 6. The Balaban J connectivity index is -0.000000155. The van der Waals surface area contributed by atoms with Crippen LogP contribution in [0.4, 0.5) is 0 Å². The largest absolute Gasteiger partial charge is 0.400 e. The van der Waals surface area contributed by atoms with Gasteiger partial charge >= 0.3 is 3.18 Å². The molecule has 0 saturated heterocycles. The zero-order chi connectivity index (χ0) is 40.1. The molecule has 4 aromatic carbocycles. The maximum Gasteiger partial charge on any atom is 0.369 e. The van der Waals surface area contributed by atoms with Crippen molar-refractivity contribution >= 4 is 94.1 Å². The van der Waals surface area contributed by atoms with Crippen LogP contribution in [-0.4, -0.2) is 89.8 Å². The molecule has 0 aliphatic rings. The second-order valence-corrected chi connectivity index (χ2v) is 17.1. The number of para-hydroxylation sites is 4. The van der Waals surface area contributed by atoms with Crippen molar-refractivity contribution in [1.29, 1.82) is 0 Å². The minimum Gasteiger partial charge on any atom is -0.400 e. The van der Waals surface area contributed by atoms with Crippen LogP contribution >= 0.6 is 47.3 Å². The third-order valence-electron chi connectivity index (χ3n) is 6.90. The molecule has 306 valence electrons. The first-order valence-electron chi connectivity index (χ1n) is 18.1. The Kier molecular flexibility index (Phi) is 49.2. The summed E-state index contributed by atoms with van der Waals surface area (Å²) in [6.45, 7) is 14.5. The summed E-state index contributed by atoms with van der Waals surface area (Å²) in [5, 5.41) is 12.4. The fourth-order valence-corrected chi connectivity index (χ4v) is 5.09. The monoisotopic (exact) mass is 1100 g/mol. The summed E-state index contributed by atoms with van der Waals surface area (Å²) >= 11 is 9.31. The van der Waals surface area contributed by atoms with Gasteiger partial charge in [0.15, 0.2) is 0 Å². The molecule has 2 aromatic heterocycles. The van der Waals surface area contributed by atoms with E-state index in [9.17, 15) is 0 Å². The van der Waals surface area contributed by atoms with Crippen LogP contribution in [0.1, 0.15) is 42.9 Å². The summed E-state index contributed by atoms with van der Waals surface area (Å²) < 4.78 is 15.6. The van der Waals surface area contributed by atoms with E-state index in [0.717, 1.165) is 33.3 Å². The maximum atomic E-state index is 7.00. The van der Waals surface area contributed by atoms with E-state index in [1.165, 1.54) is 43.6 Å². The number of aromatic nitrogens is 2. The van der Waals surface area contributed by atoms with Crippen molar-refractivity contribution in [3.05, 3.63) is 112 Å². The van der Waals surface area contributed by atoms with E-state index in [1.54, 1.807) is 21.1 Å². The summed E-state index contributed by atoms with van der Waals surface area (Å²) in [7, 11) is 12.7. The number of likely N-dealkylation sites (N-methyl/N-ethyl adjacent to an activating group) is 2. The third kappa shape index (κ3) is 24.0. The van der Waals surface area contributed by atoms with Crippen LogP contribution in [0.3, 0.4) is 0 Å². The molecule has 0 saturated carbocycles. The maximum absolute atomic E-state index is 7.00. The molecule has 1 N–H and O–H groups in total. The Labute approximate surface area is 414 Å². The molecule has 0 spiro atoms. The number of nitrogens with zero attached hydrogens (tertiary/aromatic N) is 4. The smallest absolute Gasteiger partial charge is 0.369 e. The van der Waals surface area contributed by atoms with Crippen LogP contribution in [-0.2, 0) is 83.2 Å². The molecular weight excluding hydrogens is 1030 g/mol. The first-order chi connectivity index (χ1) is 25.1. The van der Waals surface area contributed by atoms with Crippen LogP contribution in [0.25, 0.3) is 43.6 Å². The van der Waals surface area contributed by atoms with Crippen molar-refractivity contribution in [3.63, 3.8) is 0 Å². The van der Waals surface area contributed by atoms with Gasteiger partial charge in [-0.2, -0.15) is 0 Å². The molecule has 6 rings (SSSR count). The molecule has 0 amide bonds. The molecular formula is C43H70BBr3N4O2Y2-2. The van der Waals surface area contributed by atoms with Crippen LogP contribution in [0.5, 0.6) is 0 Å². The zero-order valence-corrected chi connectivity index (χ0v) is 46.7. The van der Waals surface area contributed by atoms with Gasteiger partial charge in [-0.1, -0.05) is 114 Å². The Morgan fingerprint density at radius 3 is 0.873 bits per heavy atom. The van der Waals surface area contributed by atoms with Gasteiger partial charge in [-0.05, 0) is 52.5 Å². The number of hydrogen-bond donors (Lipinski definition) is 1. The number of aliphatic hydroxyl groups excluding tert-OH is 1. The summed E-state index contributed by atoms with van der Waals surface area (Å²) in [4.78, 5) is 4.45. The molecule has 12 heteroatoms. The van der Waals surface area contributed by atoms with Crippen molar-refractivity contribution in [2.24, 2.45) is 0 Å². The minimum atomic E-state index is 0. The molecule has 0 fully saturated rings. The molecule has 0 aliphatic carbocycles. The van der Waals surface area contributed by atoms with Gasteiger partial charge in [0, 0.05) is 158 Å². The first kappa shape index (κ1) is 64.2. The van der Waals surface area contributed by atoms with E-state index >= 15 is 0 Å². The molecule has 6 nitrogen and oxygen atoms in total. The number of aliphatic hydroxyl groups is 1. The SMILES string of the molecule is BrB(Br)Br.CC.CC.CN(C)CCn1c2ccccc2c2ccccc21.CN(C)CCn1c2ccccc2c2ccccc21.CO.COC.[2H]CC.[CH3-].[CH3-].[Y].[Y]. The number of fused-ring (bicyclic) bond motifs is 6. The van der Waals surface area contributed by atoms with E-state index in [-0.39, 0.29) is 83.5 Å². The van der Waals surface area contributed by atoms with Crippen LogP contribution in [0.2, 0.25) is 0 Å². The fraction of sp³-hybridized carbons (Fsp3) is 0.395. The number of methoxy groups -OCH3 is 1. The van der Waals surface area contributed by atoms with Gasteiger partial charge in [0.1, 0.15) is 0 Å². The molecule has 0 bridgehead atoms. The standard InChI is InChI=1S/2C16H18N2.C2H6O.3C2H6.CH4O.2CH3.BBr3.2Y/c2*1-17(2)11-12-18-15-9-5-3-7-13(15)14-8-4-6-10-16(14)18;1-3-2;4*1-2;;;2-1(3)4;;/h2*3-10H,11-12H2,1-2H3;1-2H3;3*1-2H3;2H,1H3;2*1H3;;;/q;;;;;;;2*-1;;;/i;;;1D;;;;;;;;. The quantitative estimate of drug-likeness (QED) is 0.133. The molecule has 2 radical (unpaired) electrons. The van der Waals surface area contributed by atoms with Crippen molar-refractivity contribution in [1.82, 2.24) is 18.9 Å². The zero-order valence-electron chi connectivity index (χ0n) is 37.3. The minimum absolute atomic E-state index is 0. The van der Waals surface area contributed by atoms with E-state index in [2.05, 4.69) is 196 Å². The van der Waals surface area contributed by atoms with E-state index in [4.69, 9.17) is 6.48 Å². The summed E-state index contributed by atoms with van der Waals surface area (Å²) in [5.41, 5.74) is 5.34. The van der Waals surface area contributed by atoms with Gasteiger partial charge in [0.25, 0.3) is 0 Å². The Morgan fingerprint density at radius 1 is 0.545 bits per heavy atom. The molecule has 2 heterocycles. The van der Waals surface area contributed by atoms with Gasteiger partial charge in [-0.25, -0.2) is 0 Å². The number of benzene rings is 4. The second-order valence-electron chi connectivity index (χ2n) is 10.6. The van der Waals surface area contributed by atoms with Gasteiger partial charge in [-0.15, -0.1) is 47.3 Å². The van der Waals surface area contributed by atoms with E-state index < -0.39 is 0 Å². The third-order valence-corrected chi connectivity index (χ3v) is 6.90. The average molecular weight is 1100 g/mol. The van der Waals surface area contributed by atoms with Gasteiger partial charge in [-0.3, -0.25) is 0 Å². The topological polar surface area (TPSA) is 45.8 Å². The molecule has 0 atom stereocenters. The second kappa shape index (κ2) is 42.2. The molecule has 0 unspecified atom stereocenters. The normalized spacial score (nSPS) is 9.16. The van der Waals surface area contributed by atoms with Crippen LogP contribution in [0, 0.1) is 14.9 Å². The number of hydrogen-bond acceptors (Lipinski definition) is 4. The van der Waals surface area contributed by atoms with Crippen molar-refractivity contribution in [2.45, 2.75) is 54.6 Å². The Hall–Kier alpha value is 0.0327. The van der Waals surface area contributed by atoms with Crippen molar-refractivity contribution in [3.8, 4) is 0 Å². The first-order valence-corrected chi connectivity index (χ1v) is 20.1. The van der Waals surface area contributed by atoms with Crippen LogP contribution in [0.15, 0.2) is 97.1 Å². The van der Waals surface area contributed by atoms with Gasteiger partial charge in [0.2, 0.25) is 0 Å². The number of halogens is 3. The summed E-state index contributed by atoms with van der Waals surface area (Å²) in [6.07, 6.45) is 0. The van der Waals surface area contributed by atoms with Crippen molar-refractivity contribution in [2.75, 3.05) is 62.6 Å². The number of ether oxygens (including phenoxy) is 1. The molecule has 55 heavy (non-hydrogen) atoms. The molecule has 6 aromatic rings. The van der Waals surface area contributed by atoms with E-state index in [0.29, 0.717) is 6.90 Å². The Morgan fingerprint density at radius 2 is 0.709 bits per heavy atom. The van der Waals surface area contributed by atoms with Crippen LogP contribution < -0.4 is 0 Å². The average Bonchev–Trinajstić information content (AvgIpc) is 3.65. The Bertz CT molecular complexity index is 1510. The fourth-order valence-electron chi connectivity index (χ4n) is 5.09. The van der Waals surface area contributed by atoms with Crippen molar-refractivity contribution < 1.29 is 76.6 Å². The van der Waals surface area contributed by atoms with E-state index in [1.807, 2.05) is 27.7 Å². The summed E-state index contributed by atoms with van der Waals surface area (Å²) in [5.74, 6) is 0. The summed E-state index contributed by atoms with van der Waals surface area (Å²) in [6, 6.07) is 34.6. The molecule has 0 aliphatic heterocycles. The predicted molar refractivity (Wildman–Crippen MR) is 256 cm³/mol.